The van der Waals surface area contributed by atoms with Crippen LogP contribution in [0.4, 0.5) is 5.82 Å². The van der Waals surface area contributed by atoms with Crippen LogP contribution in [0.25, 0.3) is 22.2 Å². The van der Waals surface area contributed by atoms with Gasteiger partial charge in [0.2, 0.25) is 0 Å². The summed E-state index contributed by atoms with van der Waals surface area (Å²) in [5.74, 6) is 2.97. The lowest BCUT2D eigenvalue weighted by Gasteiger charge is -2.23. The summed E-state index contributed by atoms with van der Waals surface area (Å²) in [7, 11) is 0. The van der Waals surface area contributed by atoms with Crippen LogP contribution < -0.4 is 9.64 Å². The summed E-state index contributed by atoms with van der Waals surface area (Å²) in [6.07, 6.45) is 4.36. The molecule has 1 aliphatic carbocycles. The van der Waals surface area contributed by atoms with Crippen molar-refractivity contribution in [3.8, 4) is 16.9 Å². The highest BCUT2D eigenvalue weighted by Crippen LogP contribution is 2.38. The van der Waals surface area contributed by atoms with Gasteiger partial charge < -0.3 is 14.6 Å². The number of nitrogens with zero attached hydrogens (tertiary/aromatic N) is 5. The van der Waals surface area contributed by atoms with Crippen molar-refractivity contribution in [1.82, 2.24) is 24.8 Å². The molecule has 0 atom stereocenters. The van der Waals surface area contributed by atoms with Gasteiger partial charge in [0.25, 0.3) is 0 Å². The average Bonchev–Trinajstić information content (AvgIpc) is 3.52. The number of fused-ring (bicyclic) bond motifs is 3. The molecule has 7 heteroatoms. The van der Waals surface area contributed by atoms with E-state index in [0.29, 0.717) is 6.61 Å². The number of aromatic nitrogens is 4. The summed E-state index contributed by atoms with van der Waals surface area (Å²) < 4.78 is 6.14. The van der Waals surface area contributed by atoms with Crippen molar-refractivity contribution in [2.45, 2.75) is 45.4 Å². The fraction of sp³-hybridized carbons (Fsp3) is 0.346. The molecule has 0 saturated heterocycles. The van der Waals surface area contributed by atoms with Crippen LogP contribution in [0.1, 0.15) is 35.5 Å². The van der Waals surface area contributed by atoms with Gasteiger partial charge in [-0.05, 0) is 55.2 Å². The molecule has 0 radical (unpaired) electrons. The molecular formula is C26H26N6O. The van der Waals surface area contributed by atoms with E-state index in [1.54, 1.807) is 6.33 Å². The largest absolute Gasteiger partial charge is 0.491 e. The molecule has 0 spiro atoms. The summed E-state index contributed by atoms with van der Waals surface area (Å²) in [5, 5.41) is 0. The average molecular weight is 439 g/mol. The van der Waals surface area contributed by atoms with Crippen LogP contribution in [0, 0.1) is 6.92 Å². The Morgan fingerprint density at radius 3 is 2.79 bits per heavy atom. The van der Waals surface area contributed by atoms with E-state index in [9.17, 15) is 0 Å². The Bertz CT molecular complexity index is 1370. The van der Waals surface area contributed by atoms with E-state index in [1.807, 2.05) is 6.92 Å². The summed E-state index contributed by atoms with van der Waals surface area (Å²) in [5.41, 5.74) is 8.09. The number of aromatic amines is 1. The van der Waals surface area contributed by atoms with E-state index in [0.717, 1.165) is 60.6 Å². The standard InChI is InChI=1S/C26H26N6O/c1-16-29-22-6-2-18(11-23(22)30-16)17-3-7-25-19(10-17)12-31(8-9-33-25)26-21-13-32(20-4-5-20)14-24(21)27-15-28-26/h2-3,6-7,10-11,15,20H,4-5,8-9,12-14H2,1H3,(H,29,30). The van der Waals surface area contributed by atoms with Gasteiger partial charge in [0.05, 0.1) is 23.3 Å². The normalized spacial score (nSPS) is 18.2. The molecule has 166 valence electrons. The van der Waals surface area contributed by atoms with Crippen LogP contribution in [-0.4, -0.2) is 44.0 Å². The molecule has 4 heterocycles. The second-order valence-corrected chi connectivity index (χ2v) is 9.41. The second kappa shape index (κ2) is 7.28. The molecule has 0 bridgehead atoms. The van der Waals surface area contributed by atoms with E-state index < -0.39 is 0 Å². The van der Waals surface area contributed by atoms with E-state index >= 15 is 0 Å². The third-order valence-corrected chi connectivity index (χ3v) is 7.06. The predicted octanol–water partition coefficient (Wildman–Crippen LogP) is 4.21. The number of imidazole rings is 1. The Labute approximate surface area is 192 Å². The lowest BCUT2D eigenvalue weighted by molar-refractivity contribution is 0.271. The quantitative estimate of drug-likeness (QED) is 0.517. The maximum atomic E-state index is 6.14. The van der Waals surface area contributed by atoms with E-state index in [2.05, 4.69) is 61.1 Å². The molecular weight excluding hydrogens is 412 g/mol. The number of rotatable bonds is 3. The smallest absolute Gasteiger partial charge is 0.137 e. The highest BCUT2D eigenvalue weighted by molar-refractivity contribution is 5.82. The van der Waals surface area contributed by atoms with E-state index in [4.69, 9.17) is 9.72 Å². The first-order valence-electron chi connectivity index (χ1n) is 11.8. The number of anilines is 1. The van der Waals surface area contributed by atoms with E-state index in [1.165, 1.54) is 40.8 Å². The Kier molecular flexibility index (Phi) is 4.21. The van der Waals surface area contributed by atoms with Crippen LogP contribution in [0.2, 0.25) is 0 Å². The van der Waals surface area contributed by atoms with Gasteiger partial charge in [-0.1, -0.05) is 12.1 Å². The number of nitrogens with one attached hydrogen (secondary N) is 1. The van der Waals surface area contributed by atoms with Crippen LogP contribution in [0.3, 0.4) is 0 Å². The van der Waals surface area contributed by atoms with Gasteiger partial charge >= 0.3 is 0 Å². The zero-order valence-corrected chi connectivity index (χ0v) is 18.7. The lowest BCUT2D eigenvalue weighted by Crippen LogP contribution is -2.27. The van der Waals surface area contributed by atoms with Gasteiger partial charge in [0.1, 0.15) is 30.3 Å². The third kappa shape index (κ3) is 3.35. The number of hydrogen-bond acceptors (Lipinski definition) is 6. The summed E-state index contributed by atoms with van der Waals surface area (Å²) >= 11 is 0. The molecule has 0 unspecified atom stereocenters. The van der Waals surface area contributed by atoms with Crippen molar-refractivity contribution in [2.75, 3.05) is 18.1 Å². The highest BCUT2D eigenvalue weighted by Gasteiger charge is 2.36. The molecule has 2 aliphatic heterocycles. The van der Waals surface area contributed by atoms with Gasteiger partial charge in [0, 0.05) is 36.8 Å². The highest BCUT2D eigenvalue weighted by atomic mass is 16.5. The minimum absolute atomic E-state index is 0.650. The SMILES string of the molecule is Cc1nc2ccc(-c3ccc4c(c3)CN(c3ncnc5c3CN(C3CC3)C5)CCO4)cc2[nH]1. The molecule has 3 aliphatic rings. The maximum Gasteiger partial charge on any atom is 0.137 e. The van der Waals surface area contributed by atoms with Crippen LogP contribution in [0.15, 0.2) is 42.7 Å². The van der Waals surface area contributed by atoms with Gasteiger partial charge in [0.15, 0.2) is 0 Å². The first-order chi connectivity index (χ1) is 16.2. The molecule has 7 rings (SSSR count). The summed E-state index contributed by atoms with van der Waals surface area (Å²) in [6, 6.07) is 13.7. The minimum atomic E-state index is 0.650. The Morgan fingerprint density at radius 1 is 1.00 bits per heavy atom. The Hall–Kier alpha value is -3.45. The predicted molar refractivity (Wildman–Crippen MR) is 127 cm³/mol. The number of benzene rings is 2. The van der Waals surface area contributed by atoms with Crippen molar-refractivity contribution < 1.29 is 4.74 Å². The molecule has 1 fully saturated rings. The summed E-state index contributed by atoms with van der Waals surface area (Å²) in [6.45, 7) is 6.15. The third-order valence-electron chi connectivity index (χ3n) is 7.06. The maximum absolute atomic E-state index is 6.14. The van der Waals surface area contributed by atoms with Gasteiger partial charge in [-0.2, -0.15) is 0 Å². The van der Waals surface area contributed by atoms with Crippen molar-refractivity contribution >= 4 is 16.9 Å². The van der Waals surface area contributed by atoms with Crippen molar-refractivity contribution in [1.29, 1.82) is 0 Å². The van der Waals surface area contributed by atoms with Gasteiger partial charge in [-0.25, -0.2) is 15.0 Å². The van der Waals surface area contributed by atoms with Crippen LogP contribution in [-0.2, 0) is 19.6 Å². The monoisotopic (exact) mass is 438 g/mol. The fourth-order valence-corrected chi connectivity index (χ4v) is 5.23. The molecule has 2 aromatic heterocycles. The lowest BCUT2D eigenvalue weighted by atomic mass is 10.0. The van der Waals surface area contributed by atoms with Crippen molar-refractivity contribution in [3.63, 3.8) is 0 Å². The molecule has 1 saturated carbocycles. The molecule has 2 aromatic carbocycles. The zero-order chi connectivity index (χ0) is 21.9. The molecule has 1 N–H and O–H groups in total. The molecule has 7 nitrogen and oxygen atoms in total. The summed E-state index contributed by atoms with van der Waals surface area (Å²) in [4.78, 5) is 22.1. The first kappa shape index (κ1) is 19.1. The zero-order valence-electron chi connectivity index (χ0n) is 18.7. The number of H-pyrrole nitrogens is 1. The molecule has 33 heavy (non-hydrogen) atoms. The second-order valence-electron chi connectivity index (χ2n) is 9.41. The Morgan fingerprint density at radius 2 is 1.88 bits per heavy atom. The van der Waals surface area contributed by atoms with Crippen LogP contribution >= 0.6 is 0 Å². The molecule has 0 amide bonds. The van der Waals surface area contributed by atoms with Crippen molar-refractivity contribution in [2.24, 2.45) is 0 Å². The van der Waals surface area contributed by atoms with Gasteiger partial charge in [-0.3, -0.25) is 4.90 Å². The topological polar surface area (TPSA) is 70.2 Å². The first-order valence-corrected chi connectivity index (χ1v) is 11.8. The van der Waals surface area contributed by atoms with Crippen molar-refractivity contribution in [3.05, 3.63) is 65.4 Å². The Balaban J connectivity index is 1.22. The number of hydrogen-bond donors (Lipinski definition) is 1. The fourth-order valence-electron chi connectivity index (χ4n) is 5.23. The van der Waals surface area contributed by atoms with Gasteiger partial charge in [-0.15, -0.1) is 0 Å². The van der Waals surface area contributed by atoms with E-state index in [-0.39, 0.29) is 0 Å². The number of ether oxygens (including phenoxy) is 1. The molecule has 4 aromatic rings. The van der Waals surface area contributed by atoms with Crippen LogP contribution in [0.5, 0.6) is 5.75 Å². The number of aryl methyl sites for hydroxylation is 1. The minimum Gasteiger partial charge on any atom is -0.491 e.